The maximum Gasteiger partial charge on any atom is 0.335 e. The predicted octanol–water partition coefficient (Wildman–Crippen LogP) is 3.58. The molecule has 0 aliphatic heterocycles. The third kappa shape index (κ3) is 3.94. The second-order valence-corrected chi connectivity index (χ2v) is 7.64. The SMILES string of the molecule is Cc1ccc(-n2c(O)c(C=Nc3c(C)cc(Br)cc3[N+](=O)[O-])c(=O)[nH]c2=O)c(C)c1. The van der Waals surface area contributed by atoms with Crippen molar-refractivity contribution in [3.05, 3.63) is 88.0 Å². The molecule has 10 heteroatoms. The van der Waals surface area contributed by atoms with Crippen molar-refractivity contribution in [3.8, 4) is 11.6 Å². The molecule has 1 heterocycles. The summed E-state index contributed by atoms with van der Waals surface area (Å²) in [5.41, 5.74) is 0.349. The van der Waals surface area contributed by atoms with Gasteiger partial charge in [-0.15, -0.1) is 0 Å². The van der Waals surface area contributed by atoms with E-state index in [0.717, 1.165) is 16.3 Å². The highest BCUT2D eigenvalue weighted by molar-refractivity contribution is 9.10. The number of hydrogen-bond donors (Lipinski definition) is 2. The molecule has 0 aliphatic carbocycles. The van der Waals surface area contributed by atoms with Crippen molar-refractivity contribution < 1.29 is 10.0 Å². The fourth-order valence-electron chi connectivity index (χ4n) is 3.09. The molecule has 0 saturated carbocycles. The molecule has 2 aromatic carbocycles. The summed E-state index contributed by atoms with van der Waals surface area (Å²) in [5, 5.41) is 22.0. The van der Waals surface area contributed by atoms with Crippen molar-refractivity contribution >= 4 is 33.5 Å². The zero-order valence-corrected chi connectivity index (χ0v) is 17.8. The number of hydrogen-bond acceptors (Lipinski definition) is 6. The average Bonchev–Trinajstić information content (AvgIpc) is 2.63. The van der Waals surface area contributed by atoms with E-state index in [0.29, 0.717) is 21.3 Å². The molecule has 0 saturated heterocycles. The maximum absolute atomic E-state index is 12.4. The molecule has 9 nitrogen and oxygen atoms in total. The Labute approximate surface area is 178 Å². The Hall–Kier alpha value is -3.53. The van der Waals surface area contributed by atoms with Crippen molar-refractivity contribution in [2.75, 3.05) is 0 Å². The Balaban J connectivity index is 2.21. The molecule has 0 aliphatic rings. The number of aromatic amines is 1. The summed E-state index contributed by atoms with van der Waals surface area (Å²) in [4.78, 5) is 41.7. The van der Waals surface area contributed by atoms with Crippen molar-refractivity contribution in [1.29, 1.82) is 0 Å². The summed E-state index contributed by atoms with van der Waals surface area (Å²) in [7, 11) is 0. The van der Waals surface area contributed by atoms with Gasteiger partial charge in [0.05, 0.1) is 10.6 Å². The van der Waals surface area contributed by atoms with Gasteiger partial charge in [-0.25, -0.2) is 14.4 Å². The lowest BCUT2D eigenvalue weighted by molar-refractivity contribution is -0.384. The van der Waals surface area contributed by atoms with Crippen LogP contribution >= 0.6 is 15.9 Å². The minimum absolute atomic E-state index is 0.0336. The summed E-state index contributed by atoms with van der Waals surface area (Å²) in [6.45, 7) is 5.28. The van der Waals surface area contributed by atoms with Crippen LogP contribution in [0.2, 0.25) is 0 Å². The van der Waals surface area contributed by atoms with Gasteiger partial charge in [-0.2, -0.15) is 0 Å². The first-order chi connectivity index (χ1) is 14.1. The van der Waals surface area contributed by atoms with Gasteiger partial charge in [0.25, 0.3) is 11.2 Å². The van der Waals surface area contributed by atoms with E-state index in [2.05, 4.69) is 25.9 Å². The first-order valence-electron chi connectivity index (χ1n) is 8.74. The highest BCUT2D eigenvalue weighted by Gasteiger charge is 2.19. The first kappa shape index (κ1) is 21.2. The van der Waals surface area contributed by atoms with E-state index in [9.17, 15) is 24.8 Å². The summed E-state index contributed by atoms with van der Waals surface area (Å²) in [5.74, 6) is -0.614. The number of aromatic hydroxyl groups is 1. The quantitative estimate of drug-likeness (QED) is 0.340. The van der Waals surface area contributed by atoms with Crippen LogP contribution < -0.4 is 11.2 Å². The lowest BCUT2D eigenvalue weighted by Gasteiger charge is -2.12. The number of rotatable bonds is 4. The van der Waals surface area contributed by atoms with Crippen molar-refractivity contribution in [2.24, 2.45) is 4.99 Å². The molecule has 0 bridgehead atoms. The smallest absolute Gasteiger partial charge is 0.335 e. The van der Waals surface area contributed by atoms with Crippen LogP contribution in [0.3, 0.4) is 0 Å². The molecule has 0 unspecified atom stereocenters. The molecular formula is C20H17BrN4O5. The minimum atomic E-state index is -0.861. The third-order valence-corrected chi connectivity index (χ3v) is 4.94. The Bertz CT molecular complexity index is 1320. The zero-order chi connectivity index (χ0) is 22.2. The fourth-order valence-corrected chi connectivity index (χ4v) is 3.65. The lowest BCUT2D eigenvalue weighted by Crippen LogP contribution is -2.31. The molecule has 3 rings (SSSR count). The van der Waals surface area contributed by atoms with E-state index in [4.69, 9.17) is 0 Å². The lowest BCUT2D eigenvalue weighted by atomic mass is 10.1. The second kappa shape index (κ2) is 8.07. The Morgan fingerprint density at radius 1 is 1.17 bits per heavy atom. The average molecular weight is 473 g/mol. The van der Waals surface area contributed by atoms with Crippen molar-refractivity contribution in [3.63, 3.8) is 0 Å². The summed E-state index contributed by atoms with van der Waals surface area (Å²) < 4.78 is 1.47. The number of nitro groups is 1. The number of aromatic nitrogens is 2. The Morgan fingerprint density at radius 3 is 2.50 bits per heavy atom. The number of aryl methyl sites for hydroxylation is 3. The largest absolute Gasteiger partial charge is 0.493 e. The highest BCUT2D eigenvalue weighted by atomic mass is 79.9. The van der Waals surface area contributed by atoms with Crippen molar-refractivity contribution in [1.82, 2.24) is 9.55 Å². The van der Waals surface area contributed by atoms with E-state index < -0.39 is 22.1 Å². The predicted molar refractivity (Wildman–Crippen MR) is 117 cm³/mol. The summed E-state index contributed by atoms with van der Waals surface area (Å²) >= 11 is 3.20. The number of benzene rings is 2. The van der Waals surface area contributed by atoms with E-state index in [1.165, 1.54) is 6.07 Å². The van der Waals surface area contributed by atoms with Gasteiger partial charge in [-0.3, -0.25) is 19.9 Å². The molecule has 154 valence electrons. The number of halogens is 1. The fraction of sp³-hybridized carbons (Fsp3) is 0.150. The van der Waals surface area contributed by atoms with Crippen LogP contribution in [0.1, 0.15) is 22.3 Å². The maximum atomic E-state index is 12.4. The van der Waals surface area contributed by atoms with E-state index in [1.54, 1.807) is 32.0 Å². The Kier molecular flexibility index (Phi) is 5.70. The Morgan fingerprint density at radius 2 is 1.87 bits per heavy atom. The van der Waals surface area contributed by atoms with Gasteiger partial charge in [0.1, 0.15) is 11.3 Å². The van der Waals surface area contributed by atoms with Gasteiger partial charge in [0, 0.05) is 16.8 Å². The molecule has 0 atom stereocenters. The summed E-state index contributed by atoms with van der Waals surface area (Å²) in [6.07, 6.45) is 1.01. The number of nitrogens with one attached hydrogen (secondary N) is 1. The van der Waals surface area contributed by atoms with Crippen LogP contribution in [-0.4, -0.2) is 25.8 Å². The topological polar surface area (TPSA) is 131 Å². The molecule has 2 N–H and O–H groups in total. The van der Waals surface area contributed by atoms with Gasteiger partial charge in [0.15, 0.2) is 0 Å². The molecule has 0 spiro atoms. The van der Waals surface area contributed by atoms with E-state index >= 15 is 0 Å². The minimum Gasteiger partial charge on any atom is -0.493 e. The third-order valence-electron chi connectivity index (χ3n) is 4.48. The molecule has 3 aromatic rings. The van der Waals surface area contributed by atoms with E-state index in [-0.39, 0.29) is 16.9 Å². The van der Waals surface area contributed by atoms with Gasteiger partial charge < -0.3 is 5.11 Å². The van der Waals surface area contributed by atoms with Crippen LogP contribution in [0, 0.1) is 30.9 Å². The summed E-state index contributed by atoms with van der Waals surface area (Å²) in [6, 6.07) is 8.17. The molecule has 0 fully saturated rings. The molecule has 1 aromatic heterocycles. The van der Waals surface area contributed by atoms with Crippen LogP contribution in [0.5, 0.6) is 5.88 Å². The van der Waals surface area contributed by atoms with Crippen LogP contribution in [0.4, 0.5) is 11.4 Å². The van der Waals surface area contributed by atoms with E-state index in [1.807, 2.05) is 13.0 Å². The number of nitrogens with zero attached hydrogens (tertiary/aromatic N) is 3. The first-order valence-corrected chi connectivity index (χ1v) is 9.54. The number of aliphatic imine (C=N–C) groups is 1. The molecular weight excluding hydrogens is 456 g/mol. The van der Waals surface area contributed by atoms with Gasteiger partial charge in [-0.1, -0.05) is 33.6 Å². The normalized spacial score (nSPS) is 11.2. The van der Waals surface area contributed by atoms with Crippen LogP contribution in [0.25, 0.3) is 5.69 Å². The van der Waals surface area contributed by atoms with Crippen LogP contribution in [0.15, 0.2) is 49.4 Å². The second-order valence-electron chi connectivity index (χ2n) is 6.73. The van der Waals surface area contributed by atoms with Gasteiger partial charge in [0.2, 0.25) is 5.88 Å². The highest BCUT2D eigenvalue weighted by Crippen LogP contribution is 2.34. The monoisotopic (exact) mass is 472 g/mol. The number of nitro benzene ring substituents is 1. The standard InChI is InChI=1S/C20H17BrN4O5/c1-10-4-5-15(11(2)6-10)24-19(27)14(18(26)23-20(24)28)9-22-17-12(3)7-13(21)8-16(17)25(29)30/h4-9,27H,1-3H3,(H,23,26,28). The number of H-pyrrole nitrogens is 1. The molecule has 0 amide bonds. The van der Waals surface area contributed by atoms with Crippen molar-refractivity contribution in [2.45, 2.75) is 20.8 Å². The van der Waals surface area contributed by atoms with Gasteiger partial charge in [-0.05, 0) is 44.0 Å². The van der Waals surface area contributed by atoms with Crippen LogP contribution in [-0.2, 0) is 0 Å². The molecule has 0 radical (unpaired) electrons. The molecule has 30 heavy (non-hydrogen) atoms. The zero-order valence-electron chi connectivity index (χ0n) is 16.3. The van der Waals surface area contributed by atoms with Gasteiger partial charge >= 0.3 is 5.69 Å².